The third-order valence-corrected chi connectivity index (χ3v) is 5.81. The molecular formula is C24H28N4O2. The normalized spacial score (nSPS) is 14.7. The number of aromatic carboxylic acids is 1. The summed E-state index contributed by atoms with van der Waals surface area (Å²) < 4.78 is 2.07. The molecule has 0 spiro atoms. The van der Waals surface area contributed by atoms with Gasteiger partial charge in [-0.2, -0.15) is 5.10 Å². The minimum Gasteiger partial charge on any atom is -0.476 e. The molecule has 156 valence electrons. The number of aromatic nitrogens is 4. The molecule has 0 amide bonds. The first-order chi connectivity index (χ1) is 14.7. The van der Waals surface area contributed by atoms with E-state index in [0.717, 1.165) is 42.2 Å². The molecule has 1 aliphatic carbocycles. The summed E-state index contributed by atoms with van der Waals surface area (Å²) in [5.41, 5.74) is 2.69. The lowest BCUT2D eigenvalue weighted by Gasteiger charge is -2.18. The molecular weight excluding hydrogens is 376 g/mol. The van der Waals surface area contributed by atoms with Gasteiger partial charge in [0, 0.05) is 30.6 Å². The average Bonchev–Trinajstić information content (AvgIpc) is 3.17. The molecule has 6 nitrogen and oxygen atoms in total. The molecule has 6 heteroatoms. The summed E-state index contributed by atoms with van der Waals surface area (Å²) in [6.07, 6.45) is 9.52. The van der Waals surface area contributed by atoms with E-state index in [1.807, 2.05) is 24.3 Å². The van der Waals surface area contributed by atoms with E-state index in [9.17, 15) is 9.90 Å². The topological polar surface area (TPSA) is 80.9 Å². The monoisotopic (exact) mass is 404 g/mol. The maximum absolute atomic E-state index is 11.5. The maximum Gasteiger partial charge on any atom is 0.355 e. The van der Waals surface area contributed by atoms with Gasteiger partial charge in [-0.25, -0.2) is 19.4 Å². The molecule has 0 unspecified atom stereocenters. The number of pyridine rings is 1. The van der Waals surface area contributed by atoms with Crippen molar-refractivity contribution in [1.29, 1.82) is 0 Å². The molecule has 1 saturated carbocycles. The van der Waals surface area contributed by atoms with Crippen LogP contribution < -0.4 is 0 Å². The maximum atomic E-state index is 11.5. The third kappa shape index (κ3) is 4.42. The van der Waals surface area contributed by atoms with Crippen LogP contribution in [0.5, 0.6) is 0 Å². The van der Waals surface area contributed by atoms with E-state index in [-0.39, 0.29) is 5.69 Å². The van der Waals surface area contributed by atoms with Gasteiger partial charge in [-0.1, -0.05) is 56.5 Å². The third-order valence-electron chi connectivity index (χ3n) is 5.81. The zero-order valence-electron chi connectivity index (χ0n) is 17.4. The predicted molar refractivity (Wildman–Crippen MR) is 116 cm³/mol. The SMILES string of the molecule is CCCn1nc(C2CCCCC2)nc1Cc1ccc(-c2cccnc2C(=O)O)cc1. The van der Waals surface area contributed by atoms with Crippen LogP contribution in [0.4, 0.5) is 0 Å². The van der Waals surface area contributed by atoms with Crippen molar-refractivity contribution >= 4 is 5.97 Å². The van der Waals surface area contributed by atoms with Crippen molar-refractivity contribution in [2.24, 2.45) is 0 Å². The van der Waals surface area contributed by atoms with Crippen LogP contribution in [0.3, 0.4) is 0 Å². The fourth-order valence-corrected chi connectivity index (χ4v) is 4.24. The van der Waals surface area contributed by atoms with Crippen molar-refractivity contribution in [3.05, 3.63) is 65.5 Å². The molecule has 4 rings (SSSR count). The van der Waals surface area contributed by atoms with Gasteiger partial charge in [0.15, 0.2) is 11.5 Å². The van der Waals surface area contributed by atoms with E-state index in [1.54, 1.807) is 12.1 Å². The van der Waals surface area contributed by atoms with Crippen LogP contribution in [0.1, 0.15) is 79.1 Å². The molecule has 0 atom stereocenters. The highest BCUT2D eigenvalue weighted by atomic mass is 16.4. The Morgan fingerprint density at radius 3 is 2.60 bits per heavy atom. The zero-order chi connectivity index (χ0) is 20.9. The summed E-state index contributed by atoms with van der Waals surface area (Å²) in [6, 6.07) is 11.6. The van der Waals surface area contributed by atoms with Crippen LogP contribution in [0.15, 0.2) is 42.6 Å². The highest BCUT2D eigenvalue weighted by molar-refractivity contribution is 5.93. The largest absolute Gasteiger partial charge is 0.476 e. The Balaban J connectivity index is 1.56. The van der Waals surface area contributed by atoms with E-state index < -0.39 is 5.97 Å². The Morgan fingerprint density at radius 2 is 1.90 bits per heavy atom. The Hall–Kier alpha value is -3.02. The van der Waals surface area contributed by atoms with Crippen LogP contribution in [0, 0.1) is 0 Å². The highest BCUT2D eigenvalue weighted by Gasteiger charge is 2.21. The van der Waals surface area contributed by atoms with Crippen molar-refractivity contribution < 1.29 is 9.90 Å². The molecule has 1 aliphatic rings. The lowest BCUT2D eigenvalue weighted by molar-refractivity contribution is 0.0691. The number of hydrogen-bond acceptors (Lipinski definition) is 4. The molecule has 1 aromatic carbocycles. The molecule has 1 N–H and O–H groups in total. The summed E-state index contributed by atoms with van der Waals surface area (Å²) in [5.74, 6) is 1.50. The molecule has 0 bridgehead atoms. The summed E-state index contributed by atoms with van der Waals surface area (Å²) >= 11 is 0. The molecule has 0 radical (unpaired) electrons. The highest BCUT2D eigenvalue weighted by Crippen LogP contribution is 2.31. The second-order valence-corrected chi connectivity index (χ2v) is 8.02. The lowest BCUT2D eigenvalue weighted by atomic mass is 9.89. The average molecular weight is 405 g/mol. The molecule has 1 fully saturated rings. The number of benzene rings is 1. The second-order valence-electron chi connectivity index (χ2n) is 8.02. The lowest BCUT2D eigenvalue weighted by Crippen LogP contribution is -2.08. The first kappa shape index (κ1) is 20.3. The standard InChI is InChI=1S/C24H28N4O2/c1-2-15-28-21(26-23(27-28)19-7-4-3-5-8-19)16-17-10-12-18(13-11-17)20-9-6-14-25-22(20)24(29)30/h6,9-14,19H,2-5,7-8,15-16H2,1H3,(H,29,30). The fourth-order valence-electron chi connectivity index (χ4n) is 4.24. The van der Waals surface area contributed by atoms with Crippen LogP contribution in [-0.2, 0) is 13.0 Å². The number of nitrogens with zero attached hydrogens (tertiary/aromatic N) is 4. The summed E-state index contributed by atoms with van der Waals surface area (Å²) in [4.78, 5) is 20.4. The number of carbonyl (C=O) groups is 1. The summed E-state index contributed by atoms with van der Waals surface area (Å²) in [5, 5.41) is 14.2. The molecule has 3 aromatic rings. The number of aryl methyl sites for hydroxylation is 1. The first-order valence-electron chi connectivity index (χ1n) is 10.9. The van der Waals surface area contributed by atoms with Crippen molar-refractivity contribution in [3.63, 3.8) is 0 Å². The van der Waals surface area contributed by atoms with E-state index in [2.05, 4.69) is 16.6 Å². The van der Waals surface area contributed by atoms with E-state index in [1.165, 1.54) is 38.3 Å². The number of carboxylic acid groups (broad SMARTS) is 1. The number of rotatable bonds is 7. The predicted octanol–water partition coefficient (Wildman–Crippen LogP) is 5.09. The minimum atomic E-state index is -1.02. The Kier molecular flexibility index (Phi) is 6.21. The number of hydrogen-bond donors (Lipinski definition) is 1. The zero-order valence-corrected chi connectivity index (χ0v) is 17.4. The van der Waals surface area contributed by atoms with E-state index >= 15 is 0 Å². The quantitative estimate of drug-likeness (QED) is 0.593. The smallest absolute Gasteiger partial charge is 0.355 e. The van der Waals surface area contributed by atoms with Gasteiger partial charge < -0.3 is 5.11 Å². The van der Waals surface area contributed by atoms with Gasteiger partial charge in [0.05, 0.1) is 0 Å². The van der Waals surface area contributed by atoms with Crippen molar-refractivity contribution in [1.82, 2.24) is 19.7 Å². The van der Waals surface area contributed by atoms with Crippen LogP contribution in [-0.4, -0.2) is 30.8 Å². The van der Waals surface area contributed by atoms with Crippen LogP contribution >= 0.6 is 0 Å². The van der Waals surface area contributed by atoms with Gasteiger partial charge in [0.25, 0.3) is 0 Å². The van der Waals surface area contributed by atoms with Crippen molar-refractivity contribution in [2.75, 3.05) is 0 Å². The number of carboxylic acids is 1. The van der Waals surface area contributed by atoms with Crippen molar-refractivity contribution in [3.8, 4) is 11.1 Å². The summed E-state index contributed by atoms with van der Waals surface area (Å²) in [6.45, 7) is 3.04. The molecule has 30 heavy (non-hydrogen) atoms. The van der Waals surface area contributed by atoms with Crippen LogP contribution in [0.2, 0.25) is 0 Å². The molecule has 0 aliphatic heterocycles. The van der Waals surface area contributed by atoms with Gasteiger partial charge in [0.2, 0.25) is 0 Å². The van der Waals surface area contributed by atoms with Gasteiger partial charge in [-0.05, 0) is 36.5 Å². The Labute approximate surface area is 177 Å². The van der Waals surface area contributed by atoms with Gasteiger partial charge >= 0.3 is 5.97 Å². The molecule has 2 aromatic heterocycles. The van der Waals surface area contributed by atoms with Crippen molar-refractivity contribution in [2.45, 2.75) is 64.3 Å². The molecule has 0 saturated heterocycles. The van der Waals surface area contributed by atoms with E-state index in [4.69, 9.17) is 10.1 Å². The molecule has 2 heterocycles. The minimum absolute atomic E-state index is 0.0741. The Bertz CT molecular complexity index is 1000. The fraction of sp³-hybridized carbons (Fsp3) is 0.417. The second kappa shape index (κ2) is 9.20. The van der Waals surface area contributed by atoms with Gasteiger partial charge in [-0.3, -0.25) is 0 Å². The van der Waals surface area contributed by atoms with Gasteiger partial charge in [-0.15, -0.1) is 0 Å². The first-order valence-corrected chi connectivity index (χ1v) is 10.9. The van der Waals surface area contributed by atoms with Gasteiger partial charge in [0.1, 0.15) is 5.82 Å². The Morgan fingerprint density at radius 1 is 1.13 bits per heavy atom. The summed E-state index contributed by atoms with van der Waals surface area (Å²) in [7, 11) is 0. The van der Waals surface area contributed by atoms with Crippen LogP contribution in [0.25, 0.3) is 11.1 Å². The van der Waals surface area contributed by atoms with E-state index in [0.29, 0.717) is 11.5 Å².